The summed E-state index contributed by atoms with van der Waals surface area (Å²) in [5.74, 6) is 0.328. The molecule has 0 aliphatic carbocycles. The molecule has 2 aromatic rings. The van der Waals surface area contributed by atoms with E-state index >= 15 is 0 Å². The topological polar surface area (TPSA) is 71.4 Å². The van der Waals surface area contributed by atoms with Crippen LogP contribution in [0.4, 0.5) is 5.69 Å². The lowest BCUT2D eigenvalue weighted by Gasteiger charge is -2.17. The summed E-state index contributed by atoms with van der Waals surface area (Å²) in [6.07, 6.45) is 2.83. The Labute approximate surface area is 104 Å². The van der Waals surface area contributed by atoms with Crippen LogP contribution in [0.3, 0.4) is 0 Å². The van der Waals surface area contributed by atoms with Crippen molar-refractivity contribution < 1.29 is 8.42 Å². The Morgan fingerprint density at radius 3 is 2.61 bits per heavy atom. The highest BCUT2D eigenvalue weighted by Crippen LogP contribution is 2.26. The second-order valence-corrected chi connectivity index (χ2v) is 5.35. The van der Waals surface area contributed by atoms with Crippen LogP contribution in [0.2, 0.25) is 0 Å². The fourth-order valence-electron chi connectivity index (χ4n) is 1.73. The fourth-order valence-corrected chi connectivity index (χ4v) is 2.81. The van der Waals surface area contributed by atoms with Crippen LogP contribution in [0, 0.1) is 0 Å². The van der Waals surface area contributed by atoms with Gasteiger partial charge in [-0.15, -0.1) is 4.40 Å². The summed E-state index contributed by atoms with van der Waals surface area (Å²) < 4.78 is 27.7. The molecule has 0 radical (unpaired) electrons. The Bertz CT molecular complexity index is 724. The minimum Gasteiger partial charge on any atom is -0.338 e. The lowest BCUT2D eigenvalue weighted by atomic mass is 10.2. The van der Waals surface area contributed by atoms with Gasteiger partial charge in [-0.2, -0.15) is 8.42 Å². The van der Waals surface area contributed by atoms with Gasteiger partial charge >= 0.3 is 0 Å². The Morgan fingerprint density at radius 2 is 1.83 bits per heavy atom. The molecule has 0 amide bonds. The number of pyridine rings is 1. The number of anilines is 1. The number of aromatic nitrogens is 1. The van der Waals surface area contributed by atoms with E-state index in [1.165, 1.54) is 12.4 Å². The number of fused-ring (bicyclic) bond motifs is 1. The SMILES string of the molecule is O=S1(=O)N=C(c2ccccc2)Nc2ccncc21. The lowest BCUT2D eigenvalue weighted by Crippen LogP contribution is -2.22. The van der Waals surface area contributed by atoms with E-state index < -0.39 is 10.0 Å². The van der Waals surface area contributed by atoms with Crippen LogP contribution >= 0.6 is 0 Å². The quantitative estimate of drug-likeness (QED) is 0.845. The molecule has 1 N–H and O–H groups in total. The summed E-state index contributed by atoms with van der Waals surface area (Å²) in [7, 11) is -3.68. The third-order valence-corrected chi connectivity index (χ3v) is 3.88. The summed E-state index contributed by atoms with van der Waals surface area (Å²) in [6, 6.07) is 10.7. The zero-order chi connectivity index (χ0) is 12.6. The van der Waals surface area contributed by atoms with E-state index in [1.807, 2.05) is 18.2 Å². The average Bonchev–Trinajstić information content (AvgIpc) is 2.39. The highest BCUT2D eigenvalue weighted by Gasteiger charge is 2.25. The van der Waals surface area contributed by atoms with Gasteiger partial charge in [-0.05, 0) is 6.07 Å². The molecule has 0 saturated carbocycles. The highest BCUT2D eigenvalue weighted by molar-refractivity contribution is 7.90. The summed E-state index contributed by atoms with van der Waals surface area (Å²) in [4.78, 5) is 3.90. The molecule has 90 valence electrons. The van der Waals surface area contributed by atoms with Crippen molar-refractivity contribution in [1.29, 1.82) is 0 Å². The van der Waals surface area contributed by atoms with Gasteiger partial charge in [-0.3, -0.25) is 4.98 Å². The number of nitrogens with zero attached hydrogens (tertiary/aromatic N) is 2. The highest BCUT2D eigenvalue weighted by atomic mass is 32.2. The van der Waals surface area contributed by atoms with Crippen LogP contribution < -0.4 is 5.32 Å². The smallest absolute Gasteiger partial charge is 0.287 e. The molecule has 0 fully saturated rings. The Balaban J connectivity index is 2.16. The standard InChI is InChI=1S/C12H9N3O2S/c16-18(17)11-8-13-7-6-10(11)14-12(15-18)9-4-2-1-3-5-9/h1-8H,(H,14,15). The maximum Gasteiger partial charge on any atom is 0.287 e. The Kier molecular flexibility index (Phi) is 2.38. The number of hydrogen-bond donors (Lipinski definition) is 1. The minimum absolute atomic E-state index is 0.102. The van der Waals surface area contributed by atoms with Crippen LogP contribution in [0.25, 0.3) is 0 Å². The summed E-state index contributed by atoms with van der Waals surface area (Å²) in [6.45, 7) is 0. The molecule has 5 nitrogen and oxygen atoms in total. The molecule has 1 aromatic carbocycles. The van der Waals surface area contributed by atoms with Crippen molar-refractivity contribution >= 4 is 21.5 Å². The molecule has 1 aliphatic heterocycles. The molecule has 6 heteroatoms. The molecule has 0 atom stereocenters. The first kappa shape index (κ1) is 10.9. The van der Waals surface area contributed by atoms with Crippen LogP contribution in [0.15, 0.2) is 58.1 Å². The third-order valence-electron chi connectivity index (χ3n) is 2.57. The van der Waals surface area contributed by atoms with E-state index in [0.29, 0.717) is 11.5 Å². The predicted octanol–water partition coefficient (Wildman–Crippen LogP) is 1.64. The van der Waals surface area contributed by atoms with Crippen molar-refractivity contribution in [3.05, 3.63) is 54.4 Å². The normalized spacial score (nSPS) is 16.3. The Morgan fingerprint density at radius 1 is 1.06 bits per heavy atom. The second-order valence-electron chi connectivity index (χ2n) is 3.78. The fraction of sp³-hybridized carbons (Fsp3) is 0. The number of hydrogen-bond acceptors (Lipinski definition) is 4. The van der Waals surface area contributed by atoms with Gasteiger partial charge < -0.3 is 5.32 Å². The van der Waals surface area contributed by atoms with E-state index in [1.54, 1.807) is 18.2 Å². The molecule has 0 saturated heterocycles. The van der Waals surface area contributed by atoms with Gasteiger partial charge in [-0.25, -0.2) is 0 Å². The molecule has 1 aromatic heterocycles. The monoisotopic (exact) mass is 259 g/mol. The zero-order valence-electron chi connectivity index (χ0n) is 9.24. The van der Waals surface area contributed by atoms with Crippen LogP contribution in [-0.4, -0.2) is 19.2 Å². The van der Waals surface area contributed by atoms with Gasteiger partial charge in [0.05, 0.1) is 5.69 Å². The maximum absolute atomic E-state index is 12.0. The van der Waals surface area contributed by atoms with E-state index in [4.69, 9.17) is 0 Å². The number of rotatable bonds is 1. The summed E-state index contributed by atoms with van der Waals surface area (Å²) in [5, 5.41) is 3.00. The van der Waals surface area contributed by atoms with Gasteiger partial charge in [0.2, 0.25) is 0 Å². The maximum atomic E-state index is 12.0. The molecule has 0 bridgehead atoms. The van der Waals surface area contributed by atoms with E-state index in [2.05, 4.69) is 14.7 Å². The van der Waals surface area contributed by atoms with Crippen molar-refractivity contribution in [3.8, 4) is 0 Å². The van der Waals surface area contributed by atoms with Gasteiger partial charge in [0, 0.05) is 18.0 Å². The molecule has 2 heterocycles. The first-order valence-electron chi connectivity index (χ1n) is 5.28. The van der Waals surface area contributed by atoms with E-state index in [0.717, 1.165) is 5.56 Å². The molecule has 3 rings (SSSR count). The number of amidine groups is 1. The van der Waals surface area contributed by atoms with Crippen molar-refractivity contribution in [2.75, 3.05) is 5.32 Å². The number of benzene rings is 1. The summed E-state index contributed by atoms with van der Waals surface area (Å²) in [5.41, 5.74) is 1.22. The first-order chi connectivity index (χ1) is 8.67. The number of nitrogens with one attached hydrogen (secondary N) is 1. The molecule has 18 heavy (non-hydrogen) atoms. The molecular formula is C12H9N3O2S. The van der Waals surface area contributed by atoms with Gasteiger partial charge in [0.25, 0.3) is 10.0 Å². The average molecular weight is 259 g/mol. The predicted molar refractivity (Wildman–Crippen MR) is 68.0 cm³/mol. The molecular weight excluding hydrogens is 250 g/mol. The van der Waals surface area contributed by atoms with Crippen molar-refractivity contribution in [1.82, 2.24) is 4.98 Å². The van der Waals surface area contributed by atoms with E-state index in [9.17, 15) is 8.42 Å². The van der Waals surface area contributed by atoms with Crippen LogP contribution in [0.5, 0.6) is 0 Å². The van der Waals surface area contributed by atoms with Gasteiger partial charge in [0.15, 0.2) is 5.84 Å². The Hall–Kier alpha value is -2.21. The van der Waals surface area contributed by atoms with Gasteiger partial charge in [0.1, 0.15) is 4.90 Å². The van der Waals surface area contributed by atoms with Crippen LogP contribution in [0.1, 0.15) is 5.56 Å². The van der Waals surface area contributed by atoms with Gasteiger partial charge in [-0.1, -0.05) is 30.3 Å². The van der Waals surface area contributed by atoms with Crippen molar-refractivity contribution in [2.45, 2.75) is 4.90 Å². The molecule has 0 spiro atoms. The molecule has 0 unspecified atom stereocenters. The minimum atomic E-state index is -3.68. The third kappa shape index (κ3) is 1.76. The van der Waals surface area contributed by atoms with Crippen molar-refractivity contribution in [3.63, 3.8) is 0 Å². The summed E-state index contributed by atoms with van der Waals surface area (Å²) >= 11 is 0. The molecule has 1 aliphatic rings. The van der Waals surface area contributed by atoms with E-state index in [-0.39, 0.29) is 4.90 Å². The first-order valence-corrected chi connectivity index (χ1v) is 6.72. The van der Waals surface area contributed by atoms with Crippen molar-refractivity contribution in [2.24, 2.45) is 4.40 Å². The lowest BCUT2D eigenvalue weighted by molar-refractivity contribution is 0.597. The largest absolute Gasteiger partial charge is 0.338 e. The zero-order valence-corrected chi connectivity index (χ0v) is 10.1. The van der Waals surface area contributed by atoms with Crippen LogP contribution in [-0.2, 0) is 10.0 Å². The number of sulfonamides is 1. The second kappa shape index (κ2) is 3.92.